The van der Waals surface area contributed by atoms with Crippen LogP contribution in [0.25, 0.3) is 42.2 Å². The van der Waals surface area contributed by atoms with Gasteiger partial charge in [-0.3, -0.25) is 4.98 Å². The van der Waals surface area contributed by atoms with E-state index in [4.69, 9.17) is 15.2 Å². The van der Waals surface area contributed by atoms with Gasteiger partial charge in [0.2, 0.25) is 0 Å². The summed E-state index contributed by atoms with van der Waals surface area (Å²) in [5.74, 6) is 0.918. The van der Waals surface area contributed by atoms with Gasteiger partial charge in [-0.15, -0.1) is 11.3 Å². The highest BCUT2D eigenvalue weighted by Gasteiger charge is 2.40. The van der Waals surface area contributed by atoms with Crippen molar-refractivity contribution in [1.82, 2.24) is 4.98 Å². The van der Waals surface area contributed by atoms with Gasteiger partial charge in [-0.1, -0.05) is 72.6 Å². The van der Waals surface area contributed by atoms with E-state index in [0.29, 0.717) is 27.6 Å². The van der Waals surface area contributed by atoms with Gasteiger partial charge >= 0.3 is 0 Å². The lowest BCUT2D eigenvalue weighted by Crippen LogP contribution is -2.34. The molecule has 190 valence electrons. The summed E-state index contributed by atoms with van der Waals surface area (Å²) in [5, 5.41) is 2.98. The van der Waals surface area contributed by atoms with Crippen LogP contribution in [0.4, 0.5) is 0 Å². The highest BCUT2D eigenvalue weighted by atomic mass is 32.1. The molecule has 0 radical (unpaired) electrons. The molecule has 3 aromatic carbocycles. The van der Waals surface area contributed by atoms with Crippen LogP contribution < -0.4 is 4.74 Å². The second-order valence-electron chi connectivity index (χ2n) is 12.7. The fourth-order valence-electron chi connectivity index (χ4n) is 5.98. The molecule has 0 amide bonds. The zero-order chi connectivity index (χ0) is 30.7. The second kappa shape index (κ2) is 8.04. The minimum atomic E-state index is -0.545. The van der Waals surface area contributed by atoms with E-state index in [2.05, 4.69) is 33.8 Å². The Morgan fingerprint density at radius 2 is 1.68 bits per heavy atom. The Labute approximate surface area is 231 Å². The predicted molar refractivity (Wildman–Crippen MR) is 161 cm³/mol. The van der Waals surface area contributed by atoms with Crippen molar-refractivity contribution in [2.75, 3.05) is 7.11 Å². The predicted octanol–water partition coefficient (Wildman–Crippen LogP) is 9.92. The summed E-state index contributed by atoms with van der Waals surface area (Å²) in [6, 6.07) is 5.60. The van der Waals surface area contributed by atoms with Gasteiger partial charge in [0.15, 0.2) is 0 Å². The van der Waals surface area contributed by atoms with Gasteiger partial charge in [-0.2, -0.15) is 0 Å². The fraction of sp³-hybridized carbons (Fsp3) is 0.382. The van der Waals surface area contributed by atoms with E-state index < -0.39 is 5.41 Å². The average molecular weight is 513 g/mol. The molecule has 0 N–H and O–H groups in total. The first-order chi connectivity index (χ1) is 19.5. The van der Waals surface area contributed by atoms with Gasteiger partial charge in [-0.05, 0) is 75.2 Å². The summed E-state index contributed by atoms with van der Waals surface area (Å²) in [6.07, 6.45) is 3.95. The molecule has 0 saturated heterocycles. The number of ether oxygens (including phenoxy) is 1. The smallest absolute Gasteiger partial charge is 0.140 e. The van der Waals surface area contributed by atoms with Gasteiger partial charge in [0.25, 0.3) is 0 Å². The summed E-state index contributed by atoms with van der Waals surface area (Å²) in [4.78, 5) is 4.82. The molecule has 2 nitrogen and oxygen atoms in total. The highest BCUT2D eigenvalue weighted by Crippen LogP contribution is 2.54. The minimum absolute atomic E-state index is 0.00785. The fourth-order valence-corrected chi connectivity index (χ4v) is 7.29. The van der Waals surface area contributed by atoms with E-state index in [-0.39, 0.29) is 41.0 Å². The summed E-state index contributed by atoms with van der Waals surface area (Å²) in [5.41, 5.74) is 3.84. The summed E-state index contributed by atoms with van der Waals surface area (Å²) in [6.45, 7) is 15.2. The van der Waals surface area contributed by atoms with Crippen LogP contribution in [0.1, 0.15) is 84.9 Å². The number of fused-ring (bicyclic) bond motifs is 5. The van der Waals surface area contributed by atoms with Gasteiger partial charge < -0.3 is 4.74 Å². The van der Waals surface area contributed by atoms with Crippen molar-refractivity contribution in [1.29, 1.82) is 0 Å². The molecule has 0 aliphatic heterocycles. The van der Waals surface area contributed by atoms with Crippen molar-refractivity contribution in [2.24, 2.45) is 0 Å². The van der Waals surface area contributed by atoms with Crippen molar-refractivity contribution >= 4 is 42.3 Å². The third kappa shape index (κ3) is 3.69. The molecule has 0 unspecified atom stereocenters. The monoisotopic (exact) mass is 512 g/mol. The molecule has 1 aliphatic carbocycles. The van der Waals surface area contributed by atoms with E-state index >= 15 is 0 Å². The molecule has 0 saturated carbocycles. The third-order valence-corrected chi connectivity index (χ3v) is 9.37. The standard InChI is InChI=1S/C34H37NOS/c1-32(2,3)25-18-21(17-20-11-9-10-12-22(20)25)28-30-23(13-16-35-28)24-19-26-27(29(36-8)31(24)37-30)34(6,7)15-14-33(26,4)5/h9-13,16-19H,14-15H2,1-8H3/i9D,10D,11D,12D,18D. The zero-order valence-corrected chi connectivity index (χ0v) is 23.8. The van der Waals surface area contributed by atoms with Crippen LogP contribution in [0, 0.1) is 0 Å². The number of aromatic nitrogens is 1. The number of rotatable bonds is 2. The van der Waals surface area contributed by atoms with Gasteiger partial charge in [0, 0.05) is 28.1 Å². The number of nitrogens with zero attached hydrogens (tertiary/aromatic N) is 1. The molecule has 0 spiro atoms. The minimum Gasteiger partial charge on any atom is -0.495 e. The Bertz CT molecular complexity index is 1970. The normalized spacial score (nSPS) is 18.8. The maximum atomic E-state index is 9.43. The average Bonchev–Trinajstić information content (AvgIpc) is 3.30. The summed E-state index contributed by atoms with van der Waals surface area (Å²) < 4.78 is 51.8. The Morgan fingerprint density at radius 3 is 2.41 bits per heavy atom. The lowest BCUT2D eigenvalue weighted by atomic mass is 9.62. The number of hydrogen-bond donors (Lipinski definition) is 0. The van der Waals surface area contributed by atoms with Crippen molar-refractivity contribution in [3.63, 3.8) is 0 Å². The van der Waals surface area contributed by atoms with Crippen LogP contribution in [-0.4, -0.2) is 12.1 Å². The van der Waals surface area contributed by atoms with Crippen molar-refractivity contribution < 1.29 is 11.6 Å². The Morgan fingerprint density at radius 1 is 0.946 bits per heavy atom. The van der Waals surface area contributed by atoms with Crippen LogP contribution >= 0.6 is 11.3 Å². The molecule has 0 atom stereocenters. The first-order valence-corrected chi connectivity index (χ1v) is 13.8. The molecule has 2 heterocycles. The topological polar surface area (TPSA) is 22.1 Å². The number of benzene rings is 3. The third-order valence-electron chi connectivity index (χ3n) is 8.14. The quantitative estimate of drug-likeness (QED) is 0.235. The second-order valence-corrected chi connectivity index (χ2v) is 13.7. The Hall–Kier alpha value is -2.91. The van der Waals surface area contributed by atoms with E-state index in [1.54, 1.807) is 30.7 Å². The molecular weight excluding hydrogens is 470 g/mol. The number of pyridine rings is 1. The number of hydrogen-bond acceptors (Lipinski definition) is 3. The Balaban J connectivity index is 1.77. The molecular formula is C34H37NOS. The van der Waals surface area contributed by atoms with E-state index in [1.165, 1.54) is 11.1 Å². The molecule has 3 heteroatoms. The van der Waals surface area contributed by atoms with Crippen molar-refractivity contribution in [2.45, 2.75) is 77.6 Å². The molecule has 5 aromatic rings. The molecule has 6 rings (SSSR count). The molecule has 0 fully saturated rings. The van der Waals surface area contributed by atoms with E-state index in [9.17, 15) is 1.37 Å². The summed E-state index contributed by atoms with van der Waals surface area (Å²) in [7, 11) is 1.75. The van der Waals surface area contributed by atoms with Gasteiger partial charge in [-0.25, -0.2) is 0 Å². The van der Waals surface area contributed by atoms with Crippen LogP contribution in [0.15, 0.2) is 54.6 Å². The summed E-state index contributed by atoms with van der Waals surface area (Å²) >= 11 is 1.63. The van der Waals surface area contributed by atoms with Gasteiger partial charge in [0.05, 0.1) is 29.1 Å². The lowest BCUT2D eigenvalue weighted by molar-refractivity contribution is 0.314. The SMILES string of the molecule is [2H]c1c([2H])c([2H])c2c(C(C)(C)C)c([2H])c(-c3nccc4c3sc3c(OC)c5c(cc34)C(C)(C)CCC5(C)C)cc2c1[2H]. The maximum Gasteiger partial charge on any atom is 0.140 e. The van der Waals surface area contributed by atoms with Gasteiger partial charge in [0.1, 0.15) is 5.75 Å². The van der Waals surface area contributed by atoms with Crippen molar-refractivity contribution in [3.8, 4) is 17.0 Å². The largest absolute Gasteiger partial charge is 0.495 e. The van der Waals surface area contributed by atoms with E-state index in [1.807, 2.05) is 26.8 Å². The van der Waals surface area contributed by atoms with Crippen LogP contribution in [0.3, 0.4) is 0 Å². The maximum absolute atomic E-state index is 9.43. The van der Waals surface area contributed by atoms with Crippen LogP contribution in [0.5, 0.6) is 5.75 Å². The number of thiophene rings is 1. The highest BCUT2D eigenvalue weighted by molar-refractivity contribution is 7.26. The zero-order valence-electron chi connectivity index (χ0n) is 28.0. The molecule has 37 heavy (non-hydrogen) atoms. The van der Waals surface area contributed by atoms with E-state index in [0.717, 1.165) is 38.8 Å². The first-order valence-electron chi connectivity index (χ1n) is 15.5. The van der Waals surface area contributed by atoms with Crippen LogP contribution in [-0.2, 0) is 16.2 Å². The van der Waals surface area contributed by atoms with Crippen molar-refractivity contribution in [3.05, 3.63) is 71.3 Å². The number of methoxy groups -OCH3 is 1. The molecule has 2 aromatic heterocycles. The Kier molecular flexibility index (Phi) is 4.17. The lowest BCUT2D eigenvalue weighted by Gasteiger charge is -2.42. The molecule has 0 bridgehead atoms. The van der Waals surface area contributed by atoms with Crippen LogP contribution in [0.2, 0.25) is 0 Å². The first kappa shape index (κ1) is 19.2. The molecule has 1 aliphatic rings.